The van der Waals surface area contributed by atoms with Gasteiger partial charge in [-0.3, -0.25) is 0 Å². The minimum atomic E-state index is -1.17. The van der Waals surface area contributed by atoms with Crippen molar-refractivity contribution in [1.82, 2.24) is 0 Å². The number of esters is 1. The van der Waals surface area contributed by atoms with Crippen LogP contribution in [0, 0.1) is 0 Å². The molecule has 0 aromatic heterocycles. The van der Waals surface area contributed by atoms with Gasteiger partial charge in [0.15, 0.2) is 0 Å². The van der Waals surface area contributed by atoms with Crippen LogP contribution < -0.4 is 0 Å². The predicted molar refractivity (Wildman–Crippen MR) is 72.1 cm³/mol. The summed E-state index contributed by atoms with van der Waals surface area (Å²) >= 11 is 0. The molecule has 6 heteroatoms. The van der Waals surface area contributed by atoms with E-state index >= 15 is 0 Å². The van der Waals surface area contributed by atoms with Crippen LogP contribution in [0.3, 0.4) is 0 Å². The van der Waals surface area contributed by atoms with Gasteiger partial charge in [-0.05, 0) is 25.5 Å². The van der Waals surface area contributed by atoms with E-state index in [1.807, 2.05) is 6.92 Å². The minimum absolute atomic E-state index is 0.0153. The summed E-state index contributed by atoms with van der Waals surface area (Å²) in [6.45, 7) is 3.50. The molecule has 0 fully saturated rings. The Morgan fingerprint density at radius 3 is 2.35 bits per heavy atom. The van der Waals surface area contributed by atoms with Crippen molar-refractivity contribution in [3.05, 3.63) is 35.5 Å². The fraction of sp³-hybridized carbons (Fsp3) is 0.357. The van der Waals surface area contributed by atoms with Crippen LogP contribution in [0.5, 0.6) is 0 Å². The summed E-state index contributed by atoms with van der Waals surface area (Å²) in [6, 6.07) is 0. The molecule has 0 radical (unpaired) electrons. The van der Waals surface area contributed by atoms with E-state index in [1.165, 1.54) is 13.0 Å². The molecular formula is C14H18O6. The molecule has 0 aliphatic rings. The van der Waals surface area contributed by atoms with Crippen molar-refractivity contribution >= 4 is 17.9 Å². The molecule has 20 heavy (non-hydrogen) atoms. The van der Waals surface area contributed by atoms with Gasteiger partial charge in [0.25, 0.3) is 0 Å². The third kappa shape index (κ3) is 7.86. The highest BCUT2D eigenvalue weighted by atomic mass is 16.5. The Kier molecular flexibility index (Phi) is 8.41. The second-order valence-electron chi connectivity index (χ2n) is 3.94. The van der Waals surface area contributed by atoms with E-state index < -0.39 is 17.9 Å². The Balaban J connectivity index is 5.06. The maximum Gasteiger partial charge on any atom is 0.338 e. The first-order valence-electron chi connectivity index (χ1n) is 6.08. The first-order valence-corrected chi connectivity index (χ1v) is 6.08. The summed E-state index contributed by atoms with van der Waals surface area (Å²) in [7, 11) is 0. The lowest BCUT2D eigenvalue weighted by Crippen LogP contribution is -2.09. The zero-order valence-corrected chi connectivity index (χ0v) is 11.5. The van der Waals surface area contributed by atoms with Crippen LogP contribution in [0.25, 0.3) is 0 Å². The summed E-state index contributed by atoms with van der Waals surface area (Å²) in [4.78, 5) is 32.8. The third-order valence-electron chi connectivity index (χ3n) is 2.19. The number of carboxylic acid groups (broad SMARTS) is 2. The van der Waals surface area contributed by atoms with Crippen LogP contribution in [0.4, 0.5) is 0 Å². The van der Waals surface area contributed by atoms with E-state index in [1.54, 1.807) is 0 Å². The van der Waals surface area contributed by atoms with Gasteiger partial charge in [0.2, 0.25) is 0 Å². The van der Waals surface area contributed by atoms with Gasteiger partial charge in [-0.15, -0.1) is 0 Å². The fourth-order valence-corrected chi connectivity index (χ4v) is 1.10. The molecule has 0 bridgehead atoms. The first kappa shape index (κ1) is 17.6. The number of hydrogen-bond acceptors (Lipinski definition) is 4. The van der Waals surface area contributed by atoms with Gasteiger partial charge in [-0.2, -0.15) is 0 Å². The third-order valence-corrected chi connectivity index (χ3v) is 2.19. The zero-order chi connectivity index (χ0) is 15.5. The highest BCUT2D eigenvalue weighted by Crippen LogP contribution is 2.07. The van der Waals surface area contributed by atoms with Crippen LogP contribution in [-0.4, -0.2) is 34.7 Å². The Labute approximate surface area is 117 Å². The Morgan fingerprint density at radius 1 is 1.20 bits per heavy atom. The molecule has 0 rings (SSSR count). The van der Waals surface area contributed by atoms with E-state index in [4.69, 9.17) is 14.9 Å². The summed E-state index contributed by atoms with van der Waals surface area (Å²) in [5.41, 5.74) is -0.0640. The molecule has 2 N–H and O–H groups in total. The minimum Gasteiger partial charge on any atom is -0.478 e. The molecule has 0 saturated carbocycles. The number of rotatable bonds is 8. The number of allylic oxidation sites excluding steroid dienone is 2. The topological polar surface area (TPSA) is 101 Å². The molecule has 0 spiro atoms. The van der Waals surface area contributed by atoms with Crippen molar-refractivity contribution in [3.63, 3.8) is 0 Å². The SMILES string of the molecule is CCCCOC(=O)C(C=C(C)C(=O)O)=CC=CC(=O)O. The standard InChI is InChI=1S/C14H18O6/c1-3-4-8-20-14(19)11(6-5-7-12(15)16)9-10(2)13(17)18/h5-7,9H,3-4,8H2,1-2H3,(H,15,16)(H,17,18). The average molecular weight is 282 g/mol. The normalized spacial score (nSPS) is 12.5. The largest absolute Gasteiger partial charge is 0.478 e. The van der Waals surface area contributed by atoms with Crippen molar-refractivity contribution in [2.45, 2.75) is 26.7 Å². The van der Waals surface area contributed by atoms with Gasteiger partial charge in [-0.25, -0.2) is 14.4 Å². The quantitative estimate of drug-likeness (QED) is 0.305. The molecule has 0 saturated heterocycles. The van der Waals surface area contributed by atoms with Gasteiger partial charge in [0, 0.05) is 11.6 Å². The van der Waals surface area contributed by atoms with Crippen LogP contribution in [0.1, 0.15) is 26.7 Å². The Hall–Kier alpha value is -2.37. The number of hydrogen-bond donors (Lipinski definition) is 2. The van der Waals surface area contributed by atoms with Crippen molar-refractivity contribution in [2.24, 2.45) is 0 Å². The molecule has 0 aliphatic heterocycles. The number of ether oxygens (including phenoxy) is 1. The van der Waals surface area contributed by atoms with Gasteiger partial charge in [-0.1, -0.05) is 19.4 Å². The van der Waals surface area contributed by atoms with Crippen molar-refractivity contribution in [2.75, 3.05) is 6.61 Å². The summed E-state index contributed by atoms with van der Waals surface area (Å²) in [6.07, 6.45) is 5.88. The lowest BCUT2D eigenvalue weighted by Gasteiger charge is -2.04. The predicted octanol–water partition coefficient (Wildman–Crippen LogP) is 1.93. The van der Waals surface area contributed by atoms with Crippen molar-refractivity contribution in [3.8, 4) is 0 Å². The van der Waals surface area contributed by atoms with E-state index in [0.29, 0.717) is 6.42 Å². The molecule has 110 valence electrons. The smallest absolute Gasteiger partial charge is 0.338 e. The highest BCUT2D eigenvalue weighted by molar-refractivity contribution is 5.96. The van der Waals surface area contributed by atoms with Gasteiger partial charge < -0.3 is 14.9 Å². The Bertz CT molecular complexity index is 456. The van der Waals surface area contributed by atoms with Crippen LogP contribution in [0.15, 0.2) is 35.5 Å². The molecule has 6 nitrogen and oxygen atoms in total. The maximum atomic E-state index is 11.7. The second kappa shape index (κ2) is 9.55. The summed E-state index contributed by atoms with van der Waals surface area (Å²) in [5, 5.41) is 17.2. The first-order chi connectivity index (χ1) is 9.38. The molecule has 0 heterocycles. The van der Waals surface area contributed by atoms with Crippen molar-refractivity contribution < 1.29 is 29.3 Å². The second-order valence-corrected chi connectivity index (χ2v) is 3.94. The zero-order valence-electron chi connectivity index (χ0n) is 11.5. The van der Waals surface area contributed by atoms with Crippen LogP contribution >= 0.6 is 0 Å². The molecular weight excluding hydrogens is 264 g/mol. The van der Waals surface area contributed by atoms with E-state index in [0.717, 1.165) is 24.6 Å². The van der Waals surface area contributed by atoms with E-state index in [9.17, 15) is 14.4 Å². The fourth-order valence-electron chi connectivity index (χ4n) is 1.10. The Morgan fingerprint density at radius 2 is 1.85 bits per heavy atom. The van der Waals surface area contributed by atoms with Gasteiger partial charge in [0.1, 0.15) is 0 Å². The van der Waals surface area contributed by atoms with Crippen LogP contribution in [-0.2, 0) is 19.1 Å². The maximum absolute atomic E-state index is 11.7. The van der Waals surface area contributed by atoms with E-state index in [-0.39, 0.29) is 17.8 Å². The van der Waals surface area contributed by atoms with Gasteiger partial charge in [0.05, 0.1) is 12.2 Å². The van der Waals surface area contributed by atoms with Gasteiger partial charge >= 0.3 is 17.9 Å². The highest BCUT2D eigenvalue weighted by Gasteiger charge is 2.10. The number of carboxylic acids is 2. The lowest BCUT2D eigenvalue weighted by molar-refractivity contribution is -0.138. The lowest BCUT2D eigenvalue weighted by atomic mass is 10.1. The molecule has 0 atom stereocenters. The number of unbranched alkanes of at least 4 members (excludes halogenated alkanes) is 1. The number of aliphatic carboxylic acids is 2. The summed E-state index contributed by atoms with van der Waals surface area (Å²) in [5.74, 6) is -3.02. The van der Waals surface area contributed by atoms with Crippen molar-refractivity contribution in [1.29, 1.82) is 0 Å². The molecule has 0 aromatic carbocycles. The monoisotopic (exact) mass is 282 g/mol. The molecule has 0 aromatic rings. The summed E-state index contributed by atoms with van der Waals surface area (Å²) < 4.78 is 4.96. The number of carbonyl (C=O) groups is 3. The molecule has 0 amide bonds. The number of carbonyl (C=O) groups excluding carboxylic acids is 1. The molecule has 0 unspecified atom stereocenters. The average Bonchev–Trinajstić information content (AvgIpc) is 2.36. The molecule has 0 aliphatic carbocycles. The van der Waals surface area contributed by atoms with Crippen LogP contribution in [0.2, 0.25) is 0 Å². The van der Waals surface area contributed by atoms with E-state index in [2.05, 4.69) is 0 Å².